The Kier molecular flexibility index (Phi) is 3.51. The molecule has 0 bridgehead atoms. The Morgan fingerprint density at radius 3 is 2.76 bits per heavy atom. The first kappa shape index (κ1) is 11.3. The summed E-state index contributed by atoms with van der Waals surface area (Å²) in [5.74, 6) is 0.0451. The number of nitrogens with zero attached hydrogens (tertiary/aromatic N) is 3. The molecule has 0 aliphatic carbocycles. The minimum Gasteiger partial charge on any atom is -0.370 e. The molecule has 0 atom stereocenters. The zero-order chi connectivity index (χ0) is 12.1. The maximum Gasteiger partial charge on any atom is 0.186 e. The molecule has 7 heteroatoms. The van der Waals surface area contributed by atoms with Gasteiger partial charge in [-0.05, 0) is 12.1 Å². The van der Waals surface area contributed by atoms with Crippen LogP contribution >= 0.6 is 11.5 Å². The smallest absolute Gasteiger partial charge is 0.186 e. The number of hydrogen-bond donors (Lipinski definition) is 3. The number of aromatic nitrogens is 2. The van der Waals surface area contributed by atoms with Crippen molar-refractivity contribution < 1.29 is 0 Å². The highest BCUT2D eigenvalue weighted by Crippen LogP contribution is 2.23. The fourth-order valence-electron chi connectivity index (χ4n) is 1.23. The lowest BCUT2D eigenvalue weighted by Gasteiger charge is -2.03. The van der Waals surface area contributed by atoms with Crippen LogP contribution in [0.2, 0.25) is 0 Å². The fourth-order valence-corrected chi connectivity index (χ4v) is 1.82. The third-order valence-corrected chi connectivity index (χ3v) is 2.68. The molecule has 0 saturated carbocycles. The van der Waals surface area contributed by atoms with E-state index in [1.807, 2.05) is 30.3 Å². The first-order valence-corrected chi connectivity index (χ1v) is 5.72. The van der Waals surface area contributed by atoms with E-state index in [1.165, 1.54) is 11.5 Å². The Balaban J connectivity index is 2.12. The standard InChI is InChI=1S/C10H12N6S/c11-10(12)13-6-8-9(17-16-15-8)14-7-4-2-1-3-5-7/h1-5,14H,6H2,(H4,11,12,13). The molecule has 2 rings (SSSR count). The van der Waals surface area contributed by atoms with Gasteiger partial charge in [0.2, 0.25) is 0 Å². The minimum absolute atomic E-state index is 0.0451. The van der Waals surface area contributed by atoms with E-state index in [4.69, 9.17) is 11.5 Å². The predicted octanol–water partition coefficient (Wildman–Crippen LogP) is 1.06. The molecule has 0 unspecified atom stereocenters. The van der Waals surface area contributed by atoms with E-state index in [2.05, 4.69) is 19.9 Å². The van der Waals surface area contributed by atoms with Crippen LogP contribution in [0.4, 0.5) is 10.7 Å². The second-order valence-corrected chi connectivity index (χ2v) is 4.03. The highest BCUT2D eigenvalue weighted by molar-refractivity contribution is 7.10. The van der Waals surface area contributed by atoms with E-state index < -0.39 is 0 Å². The summed E-state index contributed by atoms with van der Waals surface area (Å²) in [5, 5.41) is 8.04. The van der Waals surface area contributed by atoms with Crippen LogP contribution in [0.5, 0.6) is 0 Å². The summed E-state index contributed by atoms with van der Waals surface area (Å²) in [6.45, 7) is 0.327. The summed E-state index contributed by atoms with van der Waals surface area (Å²) in [4.78, 5) is 3.91. The van der Waals surface area contributed by atoms with Crippen molar-refractivity contribution in [2.24, 2.45) is 16.5 Å². The van der Waals surface area contributed by atoms with Crippen molar-refractivity contribution in [3.63, 3.8) is 0 Å². The molecule has 0 aliphatic heterocycles. The first-order chi connectivity index (χ1) is 8.25. The van der Waals surface area contributed by atoms with Crippen LogP contribution in [-0.4, -0.2) is 15.5 Å². The summed E-state index contributed by atoms with van der Waals surface area (Å²) in [5.41, 5.74) is 12.3. The average Bonchev–Trinajstić information content (AvgIpc) is 2.75. The van der Waals surface area contributed by atoms with E-state index in [-0.39, 0.29) is 5.96 Å². The zero-order valence-electron chi connectivity index (χ0n) is 9.00. The van der Waals surface area contributed by atoms with Crippen LogP contribution in [0.3, 0.4) is 0 Å². The van der Waals surface area contributed by atoms with Crippen molar-refractivity contribution in [2.75, 3.05) is 5.32 Å². The summed E-state index contributed by atoms with van der Waals surface area (Å²) in [6.07, 6.45) is 0. The Bertz CT molecular complexity index is 503. The lowest BCUT2D eigenvalue weighted by molar-refractivity contribution is 0.954. The van der Waals surface area contributed by atoms with E-state index in [1.54, 1.807) is 0 Å². The number of aliphatic imine (C=N–C) groups is 1. The van der Waals surface area contributed by atoms with Crippen molar-refractivity contribution in [1.29, 1.82) is 0 Å². The van der Waals surface area contributed by atoms with Gasteiger partial charge in [0.25, 0.3) is 0 Å². The highest BCUT2D eigenvalue weighted by atomic mass is 32.1. The van der Waals surface area contributed by atoms with Gasteiger partial charge >= 0.3 is 0 Å². The van der Waals surface area contributed by atoms with Crippen LogP contribution in [0.1, 0.15) is 5.69 Å². The molecule has 1 aromatic carbocycles. The molecule has 0 fully saturated rings. The van der Waals surface area contributed by atoms with Crippen molar-refractivity contribution in [3.8, 4) is 0 Å². The molecule has 5 N–H and O–H groups in total. The van der Waals surface area contributed by atoms with Crippen LogP contribution in [-0.2, 0) is 6.54 Å². The van der Waals surface area contributed by atoms with Gasteiger partial charge in [-0.3, -0.25) is 0 Å². The number of guanidine groups is 1. The molecule has 2 aromatic rings. The van der Waals surface area contributed by atoms with Crippen LogP contribution in [0, 0.1) is 0 Å². The second kappa shape index (κ2) is 5.26. The molecule has 6 nitrogen and oxygen atoms in total. The number of hydrogen-bond acceptors (Lipinski definition) is 5. The average molecular weight is 248 g/mol. The van der Waals surface area contributed by atoms with Gasteiger partial charge in [-0.2, -0.15) is 0 Å². The summed E-state index contributed by atoms with van der Waals surface area (Å²) >= 11 is 1.27. The molecule has 17 heavy (non-hydrogen) atoms. The van der Waals surface area contributed by atoms with Gasteiger partial charge in [-0.25, -0.2) is 4.99 Å². The van der Waals surface area contributed by atoms with Crippen molar-refractivity contribution in [2.45, 2.75) is 6.54 Å². The number of nitrogens with one attached hydrogen (secondary N) is 1. The highest BCUT2D eigenvalue weighted by Gasteiger charge is 2.07. The van der Waals surface area contributed by atoms with Gasteiger partial charge in [-0.1, -0.05) is 22.7 Å². The van der Waals surface area contributed by atoms with Crippen LogP contribution in [0.25, 0.3) is 0 Å². The molecular weight excluding hydrogens is 236 g/mol. The monoisotopic (exact) mass is 248 g/mol. The number of nitrogens with two attached hydrogens (primary N) is 2. The van der Waals surface area contributed by atoms with E-state index in [0.717, 1.165) is 16.4 Å². The third-order valence-electron chi connectivity index (χ3n) is 2.00. The third kappa shape index (κ3) is 3.15. The number of benzene rings is 1. The molecule has 0 amide bonds. The lowest BCUT2D eigenvalue weighted by atomic mass is 10.3. The van der Waals surface area contributed by atoms with Gasteiger partial charge in [0, 0.05) is 17.2 Å². The molecule has 0 radical (unpaired) electrons. The molecule has 0 saturated heterocycles. The summed E-state index contributed by atoms with van der Waals surface area (Å²) in [7, 11) is 0. The van der Waals surface area contributed by atoms with E-state index >= 15 is 0 Å². The maximum atomic E-state index is 5.27. The SMILES string of the molecule is NC(N)=NCc1nnsc1Nc1ccccc1. The maximum absolute atomic E-state index is 5.27. The fraction of sp³-hybridized carbons (Fsp3) is 0.100. The number of anilines is 2. The van der Waals surface area contributed by atoms with Gasteiger partial charge < -0.3 is 16.8 Å². The van der Waals surface area contributed by atoms with Crippen molar-refractivity contribution in [1.82, 2.24) is 9.59 Å². The Morgan fingerprint density at radius 1 is 1.29 bits per heavy atom. The molecule has 88 valence electrons. The zero-order valence-corrected chi connectivity index (χ0v) is 9.81. The number of para-hydroxylation sites is 1. The number of rotatable bonds is 4. The van der Waals surface area contributed by atoms with Crippen molar-refractivity contribution >= 4 is 28.2 Å². The lowest BCUT2D eigenvalue weighted by Crippen LogP contribution is -2.22. The first-order valence-electron chi connectivity index (χ1n) is 4.94. The van der Waals surface area contributed by atoms with Crippen LogP contribution < -0.4 is 16.8 Å². The minimum atomic E-state index is 0.0451. The van der Waals surface area contributed by atoms with Gasteiger partial charge in [0.15, 0.2) is 5.96 Å². The predicted molar refractivity (Wildman–Crippen MR) is 69.1 cm³/mol. The summed E-state index contributed by atoms with van der Waals surface area (Å²) < 4.78 is 3.87. The molecule has 1 aromatic heterocycles. The van der Waals surface area contributed by atoms with Gasteiger partial charge in [0.1, 0.15) is 10.7 Å². The molecule has 0 spiro atoms. The molecular formula is C10H12N6S. The van der Waals surface area contributed by atoms with Crippen molar-refractivity contribution in [3.05, 3.63) is 36.0 Å². The summed E-state index contributed by atoms with van der Waals surface area (Å²) in [6, 6.07) is 9.78. The van der Waals surface area contributed by atoms with E-state index in [0.29, 0.717) is 6.54 Å². The Morgan fingerprint density at radius 2 is 2.06 bits per heavy atom. The van der Waals surface area contributed by atoms with E-state index in [9.17, 15) is 0 Å². The normalized spacial score (nSPS) is 9.88. The van der Waals surface area contributed by atoms with Gasteiger partial charge in [-0.15, -0.1) is 5.10 Å². The largest absolute Gasteiger partial charge is 0.370 e. The molecule has 0 aliphatic rings. The topological polar surface area (TPSA) is 102 Å². The quantitative estimate of drug-likeness (QED) is 0.554. The Hall–Kier alpha value is -2.15. The Labute approximate surface area is 103 Å². The second-order valence-electron chi connectivity index (χ2n) is 3.28. The van der Waals surface area contributed by atoms with Gasteiger partial charge in [0.05, 0.1) is 6.54 Å². The van der Waals surface area contributed by atoms with Crippen LogP contribution in [0.15, 0.2) is 35.3 Å². The molecule has 1 heterocycles.